The van der Waals surface area contributed by atoms with Crippen molar-refractivity contribution in [2.45, 2.75) is 6.92 Å². The molecule has 0 fully saturated rings. The first kappa shape index (κ1) is 9.81. The molecule has 0 spiro atoms. The highest BCUT2D eigenvalue weighted by Crippen LogP contribution is 2.35. The van der Waals surface area contributed by atoms with E-state index in [-0.39, 0.29) is 0 Å². The van der Waals surface area contributed by atoms with Crippen LogP contribution < -0.4 is 0 Å². The summed E-state index contributed by atoms with van der Waals surface area (Å²) < 4.78 is 6.24. The molecule has 80 valence electrons. The fraction of sp³-hybridized carbons (Fsp3) is 0.0909. The van der Waals surface area contributed by atoms with Crippen molar-refractivity contribution in [1.82, 2.24) is 9.97 Å². The van der Waals surface area contributed by atoms with Gasteiger partial charge in [-0.1, -0.05) is 11.6 Å². The van der Waals surface area contributed by atoms with E-state index < -0.39 is 0 Å². The van der Waals surface area contributed by atoms with Crippen LogP contribution in [0.4, 0.5) is 0 Å². The van der Waals surface area contributed by atoms with E-state index in [0.29, 0.717) is 11.0 Å². The summed E-state index contributed by atoms with van der Waals surface area (Å²) in [7, 11) is 0. The number of nitrogens with zero attached hydrogens (tertiary/aromatic N) is 2. The predicted octanol–water partition coefficient (Wildman–Crippen LogP) is 3.91. The van der Waals surface area contributed by atoms with Gasteiger partial charge in [-0.3, -0.25) is 0 Å². The highest BCUT2D eigenvalue weighted by Gasteiger charge is 2.11. The van der Waals surface area contributed by atoms with Gasteiger partial charge in [-0.25, -0.2) is 9.97 Å². The Labute approximate surface area is 101 Å². The number of thiophene rings is 1. The first-order valence-corrected chi connectivity index (χ1v) is 5.91. The maximum absolute atomic E-state index is 6.07. The Hall–Kier alpha value is -1.39. The van der Waals surface area contributed by atoms with Crippen molar-refractivity contribution in [3.8, 4) is 10.6 Å². The summed E-state index contributed by atoms with van der Waals surface area (Å²) in [6.45, 7) is 1.83. The molecular formula is C11H7ClN2OS. The molecule has 5 heteroatoms. The second-order valence-electron chi connectivity index (χ2n) is 3.36. The average Bonchev–Trinajstić information content (AvgIpc) is 2.82. The Balaban J connectivity index is 2.27. The van der Waals surface area contributed by atoms with Crippen molar-refractivity contribution in [1.29, 1.82) is 0 Å². The van der Waals surface area contributed by atoms with E-state index in [0.717, 1.165) is 20.9 Å². The van der Waals surface area contributed by atoms with E-state index in [4.69, 9.17) is 16.0 Å². The van der Waals surface area contributed by atoms with Gasteiger partial charge in [0.2, 0.25) is 0 Å². The van der Waals surface area contributed by atoms with Crippen molar-refractivity contribution < 1.29 is 4.42 Å². The quantitative estimate of drug-likeness (QED) is 0.615. The number of aromatic nitrogens is 2. The number of fused-ring (bicyclic) bond motifs is 1. The summed E-state index contributed by atoms with van der Waals surface area (Å²) in [5.74, 6) is 1.51. The first-order valence-electron chi connectivity index (χ1n) is 4.71. The van der Waals surface area contributed by atoms with Crippen molar-refractivity contribution in [2.24, 2.45) is 0 Å². The Morgan fingerprint density at radius 3 is 3.00 bits per heavy atom. The summed E-state index contributed by atoms with van der Waals surface area (Å²) in [5.41, 5.74) is 0.869. The largest absolute Gasteiger partial charge is 0.464 e. The molecule has 3 aromatic rings. The molecular weight excluding hydrogens is 244 g/mol. The summed E-state index contributed by atoms with van der Waals surface area (Å²) >= 11 is 7.61. The minimum Gasteiger partial charge on any atom is -0.464 e. The van der Waals surface area contributed by atoms with Gasteiger partial charge < -0.3 is 4.42 Å². The third-order valence-electron chi connectivity index (χ3n) is 2.21. The summed E-state index contributed by atoms with van der Waals surface area (Å²) in [5, 5.41) is 0.505. The standard InChI is InChI=1S/C11H7ClN2OS/c1-6-13-7-5-9(8-3-2-4-15-8)16-10(7)11(12)14-6/h2-5H,1H3. The van der Waals surface area contributed by atoms with Crippen LogP contribution in [0.3, 0.4) is 0 Å². The zero-order chi connectivity index (χ0) is 11.1. The fourth-order valence-electron chi connectivity index (χ4n) is 1.54. The molecule has 0 saturated carbocycles. The fourth-order valence-corrected chi connectivity index (χ4v) is 2.83. The Bertz CT molecular complexity index is 645. The van der Waals surface area contributed by atoms with Crippen LogP contribution in [0.1, 0.15) is 5.82 Å². The molecule has 0 radical (unpaired) electrons. The third-order valence-corrected chi connectivity index (χ3v) is 3.74. The topological polar surface area (TPSA) is 38.9 Å². The lowest BCUT2D eigenvalue weighted by atomic mass is 10.3. The molecule has 0 N–H and O–H groups in total. The predicted molar refractivity (Wildman–Crippen MR) is 64.9 cm³/mol. The molecule has 0 bridgehead atoms. The number of furan rings is 1. The lowest BCUT2D eigenvalue weighted by Crippen LogP contribution is -1.86. The number of hydrogen-bond donors (Lipinski definition) is 0. The van der Waals surface area contributed by atoms with Crippen molar-refractivity contribution in [3.63, 3.8) is 0 Å². The Morgan fingerprint density at radius 2 is 2.25 bits per heavy atom. The molecule has 3 rings (SSSR count). The monoisotopic (exact) mass is 250 g/mol. The van der Waals surface area contributed by atoms with Crippen molar-refractivity contribution in [2.75, 3.05) is 0 Å². The van der Waals surface area contributed by atoms with Crippen LogP contribution in [-0.2, 0) is 0 Å². The maximum Gasteiger partial charge on any atom is 0.150 e. The van der Waals surface area contributed by atoms with Crippen LogP contribution in [0.15, 0.2) is 28.9 Å². The van der Waals surface area contributed by atoms with Gasteiger partial charge in [0.05, 0.1) is 21.4 Å². The second-order valence-corrected chi connectivity index (χ2v) is 4.77. The van der Waals surface area contributed by atoms with Gasteiger partial charge in [-0.2, -0.15) is 0 Å². The summed E-state index contributed by atoms with van der Waals surface area (Å²) in [6.07, 6.45) is 1.65. The van der Waals surface area contributed by atoms with Gasteiger partial charge >= 0.3 is 0 Å². The van der Waals surface area contributed by atoms with E-state index in [1.807, 2.05) is 25.1 Å². The molecule has 3 nitrogen and oxygen atoms in total. The van der Waals surface area contributed by atoms with Crippen LogP contribution in [0.25, 0.3) is 20.9 Å². The van der Waals surface area contributed by atoms with Gasteiger partial charge in [0.15, 0.2) is 5.15 Å². The van der Waals surface area contributed by atoms with Crippen LogP contribution in [-0.4, -0.2) is 9.97 Å². The number of aryl methyl sites for hydroxylation is 1. The van der Waals surface area contributed by atoms with E-state index in [1.165, 1.54) is 11.3 Å². The highest BCUT2D eigenvalue weighted by atomic mass is 35.5. The average molecular weight is 251 g/mol. The van der Waals surface area contributed by atoms with E-state index in [2.05, 4.69) is 9.97 Å². The molecule has 0 unspecified atom stereocenters. The minimum atomic E-state index is 0.505. The second kappa shape index (κ2) is 3.57. The molecule has 0 saturated heterocycles. The number of hydrogen-bond acceptors (Lipinski definition) is 4. The zero-order valence-corrected chi connectivity index (χ0v) is 9.97. The lowest BCUT2D eigenvalue weighted by molar-refractivity contribution is 0.584. The maximum atomic E-state index is 6.07. The van der Waals surface area contributed by atoms with Gasteiger partial charge in [-0.05, 0) is 25.1 Å². The molecule has 0 amide bonds. The van der Waals surface area contributed by atoms with E-state index in [9.17, 15) is 0 Å². The SMILES string of the molecule is Cc1nc(Cl)c2sc(-c3ccco3)cc2n1. The van der Waals surface area contributed by atoms with Crippen molar-refractivity contribution >= 4 is 33.2 Å². The van der Waals surface area contributed by atoms with Crippen LogP contribution in [0.2, 0.25) is 5.15 Å². The molecule has 0 atom stereocenters. The zero-order valence-electron chi connectivity index (χ0n) is 8.40. The molecule has 0 aliphatic carbocycles. The Kier molecular flexibility index (Phi) is 2.19. The van der Waals surface area contributed by atoms with E-state index >= 15 is 0 Å². The smallest absolute Gasteiger partial charge is 0.150 e. The number of halogens is 1. The molecule has 3 aromatic heterocycles. The van der Waals surface area contributed by atoms with Gasteiger partial charge in [-0.15, -0.1) is 11.3 Å². The molecule has 3 heterocycles. The molecule has 0 aliphatic rings. The van der Waals surface area contributed by atoms with Gasteiger partial charge in [0.1, 0.15) is 11.6 Å². The van der Waals surface area contributed by atoms with Gasteiger partial charge in [0, 0.05) is 0 Å². The van der Waals surface area contributed by atoms with Crippen LogP contribution >= 0.6 is 22.9 Å². The summed E-state index contributed by atoms with van der Waals surface area (Å²) in [4.78, 5) is 9.49. The summed E-state index contributed by atoms with van der Waals surface area (Å²) in [6, 6.07) is 5.75. The normalized spacial score (nSPS) is 11.1. The van der Waals surface area contributed by atoms with Crippen molar-refractivity contribution in [3.05, 3.63) is 35.4 Å². The van der Waals surface area contributed by atoms with Crippen LogP contribution in [0.5, 0.6) is 0 Å². The molecule has 16 heavy (non-hydrogen) atoms. The molecule has 0 aliphatic heterocycles. The van der Waals surface area contributed by atoms with E-state index in [1.54, 1.807) is 6.26 Å². The Morgan fingerprint density at radius 1 is 1.38 bits per heavy atom. The highest BCUT2D eigenvalue weighted by molar-refractivity contribution is 7.22. The first-order chi connectivity index (χ1) is 7.74. The van der Waals surface area contributed by atoms with Crippen LogP contribution in [0, 0.1) is 6.92 Å². The van der Waals surface area contributed by atoms with Gasteiger partial charge in [0.25, 0.3) is 0 Å². The minimum absolute atomic E-state index is 0.505. The molecule has 0 aromatic carbocycles. The number of rotatable bonds is 1. The lowest BCUT2D eigenvalue weighted by Gasteiger charge is -1.93. The third kappa shape index (κ3) is 1.50.